The molecule has 5 nitrogen and oxygen atoms in total. The highest BCUT2D eigenvalue weighted by Crippen LogP contribution is 2.34. The van der Waals surface area contributed by atoms with Crippen LogP contribution in [0.3, 0.4) is 0 Å². The van der Waals surface area contributed by atoms with Gasteiger partial charge in [0.1, 0.15) is 5.69 Å². The van der Waals surface area contributed by atoms with Crippen LogP contribution in [-0.2, 0) is 4.74 Å². The molecule has 3 aromatic rings. The Labute approximate surface area is 126 Å². The maximum Gasteiger partial charge on any atom is 0.338 e. The van der Waals surface area contributed by atoms with Gasteiger partial charge >= 0.3 is 5.97 Å². The highest BCUT2D eigenvalue weighted by Gasteiger charge is 2.19. The minimum atomic E-state index is -0.538. The fourth-order valence-electron chi connectivity index (χ4n) is 2.33. The van der Waals surface area contributed by atoms with Crippen molar-refractivity contribution in [2.75, 3.05) is 12.2 Å². The zero-order chi connectivity index (χ0) is 15.7. The lowest BCUT2D eigenvalue weighted by atomic mass is 10.1. The molecule has 1 N–H and O–H groups in total. The molecule has 0 aliphatic carbocycles. The molecule has 3 rings (SSSR count). The lowest BCUT2D eigenvalue weighted by molar-refractivity contribution is 0.0601. The fraction of sp³-hybridized carbons (Fsp3) is 0.125. The molecule has 0 radical (unpaired) electrons. The van der Waals surface area contributed by atoms with E-state index >= 15 is 0 Å². The third-order valence-corrected chi connectivity index (χ3v) is 3.47. The number of carbonyl (C=O) groups is 1. The van der Waals surface area contributed by atoms with Gasteiger partial charge in [0.25, 0.3) is 0 Å². The fourth-order valence-corrected chi connectivity index (χ4v) is 2.33. The predicted molar refractivity (Wildman–Crippen MR) is 81.9 cm³/mol. The Balaban J connectivity index is 2.18. The van der Waals surface area contributed by atoms with Crippen LogP contribution in [0.2, 0.25) is 0 Å². The standard InChI is InChI=1S/C16H14FN3O2/c1-10-5-3-4-6-13(10)20(17)14-8-11(16(21)22-2)7-12-15(14)19-9-18-12/h3-9H,1-2H3,(H,18,19). The van der Waals surface area contributed by atoms with Gasteiger partial charge in [0.2, 0.25) is 0 Å². The Hall–Kier alpha value is -2.89. The molecule has 6 heteroatoms. The van der Waals surface area contributed by atoms with Gasteiger partial charge in [-0.3, -0.25) is 0 Å². The molecule has 112 valence electrons. The lowest BCUT2D eigenvalue weighted by Gasteiger charge is -2.17. The number of ether oxygens (including phenoxy) is 1. The number of benzene rings is 2. The second-order valence-corrected chi connectivity index (χ2v) is 4.85. The molecule has 0 bridgehead atoms. The molecule has 1 aromatic heterocycles. The van der Waals surface area contributed by atoms with E-state index in [1.165, 1.54) is 19.5 Å². The maximum absolute atomic E-state index is 14.9. The normalized spacial score (nSPS) is 10.7. The number of esters is 1. The molecule has 0 amide bonds. The third-order valence-electron chi connectivity index (χ3n) is 3.47. The summed E-state index contributed by atoms with van der Waals surface area (Å²) in [5, 5.41) is 0.544. The molecule has 0 aliphatic rings. The Morgan fingerprint density at radius 3 is 2.77 bits per heavy atom. The van der Waals surface area contributed by atoms with Gasteiger partial charge in [0, 0.05) is 0 Å². The summed E-state index contributed by atoms with van der Waals surface area (Å²) in [5.74, 6) is -0.538. The molecular formula is C16H14FN3O2. The number of methoxy groups -OCH3 is 1. The number of aromatic nitrogens is 2. The number of rotatable bonds is 3. The van der Waals surface area contributed by atoms with Crippen LogP contribution in [0.25, 0.3) is 11.0 Å². The van der Waals surface area contributed by atoms with Gasteiger partial charge in [-0.15, -0.1) is 0 Å². The van der Waals surface area contributed by atoms with Gasteiger partial charge in [-0.2, -0.15) is 5.12 Å². The van der Waals surface area contributed by atoms with Gasteiger partial charge in [0.05, 0.1) is 35.7 Å². The Bertz CT molecular complexity index is 844. The number of nitrogens with zero attached hydrogens (tertiary/aromatic N) is 2. The number of halogens is 1. The highest BCUT2D eigenvalue weighted by molar-refractivity contribution is 5.99. The van der Waals surface area contributed by atoms with Crippen LogP contribution in [-0.4, -0.2) is 23.0 Å². The van der Waals surface area contributed by atoms with Gasteiger partial charge in [0.15, 0.2) is 0 Å². The van der Waals surface area contributed by atoms with Crippen LogP contribution in [0.1, 0.15) is 15.9 Å². The number of H-pyrrole nitrogens is 1. The van der Waals surface area contributed by atoms with Crippen molar-refractivity contribution >= 4 is 28.4 Å². The predicted octanol–water partition coefficient (Wildman–Crippen LogP) is 3.68. The highest BCUT2D eigenvalue weighted by atomic mass is 19.2. The minimum Gasteiger partial charge on any atom is -0.465 e. The van der Waals surface area contributed by atoms with Crippen molar-refractivity contribution in [3.8, 4) is 0 Å². The van der Waals surface area contributed by atoms with E-state index < -0.39 is 5.97 Å². The van der Waals surface area contributed by atoms with Crippen molar-refractivity contribution in [3.05, 3.63) is 53.9 Å². The first-order valence-corrected chi connectivity index (χ1v) is 6.69. The van der Waals surface area contributed by atoms with Crippen LogP contribution in [0.4, 0.5) is 15.9 Å². The topological polar surface area (TPSA) is 58.2 Å². The van der Waals surface area contributed by atoms with Crippen molar-refractivity contribution in [1.82, 2.24) is 9.97 Å². The number of hydrogen-bond donors (Lipinski definition) is 1. The summed E-state index contributed by atoms with van der Waals surface area (Å²) in [4.78, 5) is 18.8. The SMILES string of the molecule is COC(=O)c1cc(N(F)c2ccccc2C)c2[nH]cnc2c1. The lowest BCUT2D eigenvalue weighted by Crippen LogP contribution is -2.08. The van der Waals surface area contributed by atoms with Gasteiger partial charge in [-0.1, -0.05) is 22.7 Å². The van der Waals surface area contributed by atoms with E-state index in [9.17, 15) is 9.28 Å². The van der Waals surface area contributed by atoms with Crippen LogP contribution < -0.4 is 5.12 Å². The number of nitrogens with one attached hydrogen (secondary N) is 1. The summed E-state index contributed by atoms with van der Waals surface area (Å²) in [6, 6.07) is 10.1. The number of carbonyl (C=O) groups excluding carboxylic acids is 1. The number of fused-ring (bicyclic) bond motifs is 1. The second kappa shape index (κ2) is 5.48. The second-order valence-electron chi connectivity index (χ2n) is 4.85. The van der Waals surface area contributed by atoms with E-state index in [0.29, 0.717) is 21.8 Å². The van der Waals surface area contributed by atoms with Gasteiger partial charge in [-0.25, -0.2) is 9.78 Å². The molecule has 0 unspecified atom stereocenters. The number of aryl methyl sites for hydroxylation is 1. The van der Waals surface area contributed by atoms with E-state index in [1.54, 1.807) is 18.2 Å². The largest absolute Gasteiger partial charge is 0.465 e. The van der Waals surface area contributed by atoms with Gasteiger partial charge in [-0.05, 0) is 30.7 Å². The van der Waals surface area contributed by atoms with Crippen LogP contribution in [0, 0.1) is 6.92 Å². The molecule has 22 heavy (non-hydrogen) atoms. The first-order chi connectivity index (χ1) is 10.6. The molecular weight excluding hydrogens is 285 g/mol. The minimum absolute atomic E-state index is 0.213. The third kappa shape index (κ3) is 2.28. The average molecular weight is 299 g/mol. The zero-order valence-electron chi connectivity index (χ0n) is 12.1. The van der Waals surface area contributed by atoms with Crippen molar-refractivity contribution in [2.24, 2.45) is 0 Å². The van der Waals surface area contributed by atoms with E-state index in [2.05, 4.69) is 9.97 Å². The van der Waals surface area contributed by atoms with Crippen molar-refractivity contribution in [3.63, 3.8) is 0 Å². The molecule has 0 saturated carbocycles. The first kappa shape index (κ1) is 14.1. The number of aromatic amines is 1. The zero-order valence-corrected chi connectivity index (χ0v) is 12.1. The van der Waals surface area contributed by atoms with E-state index in [4.69, 9.17) is 4.74 Å². The number of hydrogen-bond acceptors (Lipinski definition) is 4. The average Bonchev–Trinajstić information content (AvgIpc) is 3.01. The summed E-state index contributed by atoms with van der Waals surface area (Å²) in [5.41, 5.74) is 2.65. The van der Waals surface area contributed by atoms with Crippen molar-refractivity contribution in [1.29, 1.82) is 0 Å². The molecule has 1 heterocycles. The smallest absolute Gasteiger partial charge is 0.338 e. The summed E-state index contributed by atoms with van der Waals surface area (Å²) >= 11 is 0. The van der Waals surface area contributed by atoms with Crippen molar-refractivity contribution < 1.29 is 14.0 Å². The quantitative estimate of drug-likeness (QED) is 0.592. The molecule has 0 fully saturated rings. The molecule has 0 aliphatic heterocycles. The molecule has 0 saturated heterocycles. The summed E-state index contributed by atoms with van der Waals surface area (Å²) in [7, 11) is 1.28. The van der Waals surface area contributed by atoms with Crippen LogP contribution in [0.5, 0.6) is 0 Å². The Morgan fingerprint density at radius 1 is 1.27 bits per heavy atom. The Kier molecular flexibility index (Phi) is 3.50. The first-order valence-electron chi connectivity index (χ1n) is 6.69. The number of imidazole rings is 1. The Morgan fingerprint density at radius 2 is 2.05 bits per heavy atom. The number of para-hydroxylation sites is 1. The summed E-state index contributed by atoms with van der Waals surface area (Å²) in [6.45, 7) is 1.82. The maximum atomic E-state index is 14.9. The van der Waals surface area contributed by atoms with Gasteiger partial charge < -0.3 is 9.72 Å². The van der Waals surface area contributed by atoms with Crippen LogP contribution >= 0.6 is 0 Å². The molecule has 0 spiro atoms. The number of anilines is 2. The van der Waals surface area contributed by atoms with E-state index in [0.717, 1.165) is 5.56 Å². The van der Waals surface area contributed by atoms with Crippen LogP contribution in [0.15, 0.2) is 42.7 Å². The molecule has 0 atom stereocenters. The van der Waals surface area contributed by atoms with E-state index in [1.807, 2.05) is 19.1 Å². The molecule has 2 aromatic carbocycles. The monoisotopic (exact) mass is 299 g/mol. The van der Waals surface area contributed by atoms with E-state index in [-0.39, 0.29) is 11.3 Å². The summed E-state index contributed by atoms with van der Waals surface area (Å²) in [6.07, 6.45) is 1.46. The van der Waals surface area contributed by atoms with Crippen molar-refractivity contribution in [2.45, 2.75) is 6.92 Å². The summed E-state index contributed by atoms with van der Waals surface area (Å²) < 4.78 is 19.6.